The Kier molecular flexibility index (Phi) is 3.55. The van der Waals surface area contributed by atoms with Crippen molar-refractivity contribution in [2.24, 2.45) is 0 Å². The Morgan fingerprint density at radius 1 is 1.62 bits per heavy atom. The average Bonchev–Trinajstić information content (AvgIpc) is 1.62. The molecule has 50 valence electrons. The van der Waals surface area contributed by atoms with Gasteiger partial charge in [0.25, 0.3) is 0 Å². The highest BCUT2D eigenvalue weighted by Gasteiger charge is 2.22. The number of alkyl halides is 2. The van der Waals surface area contributed by atoms with Gasteiger partial charge in [-0.3, -0.25) is 0 Å². The van der Waals surface area contributed by atoms with Crippen LogP contribution in [-0.2, 0) is 0 Å². The van der Waals surface area contributed by atoms with E-state index in [9.17, 15) is 0 Å². The Labute approximate surface area is 66.7 Å². The van der Waals surface area contributed by atoms with E-state index >= 15 is 0 Å². The summed E-state index contributed by atoms with van der Waals surface area (Å²) in [4.78, 5) is 0.134. The van der Waals surface area contributed by atoms with E-state index in [1.54, 1.807) is 0 Å². The minimum atomic E-state index is -0.0122. The molecule has 1 N–H and O–H groups in total. The lowest BCUT2D eigenvalue weighted by Crippen LogP contribution is -2.27. The molecule has 0 spiro atoms. The first kappa shape index (κ1) is 8.92. The maximum Gasteiger partial charge on any atom is 0.0569 e. The minimum Gasteiger partial charge on any atom is -0.395 e. The van der Waals surface area contributed by atoms with E-state index in [1.807, 2.05) is 13.8 Å². The summed E-state index contributed by atoms with van der Waals surface area (Å²) in [6.45, 7) is 4.17. The number of hydrogen-bond acceptors (Lipinski definition) is 1. The van der Waals surface area contributed by atoms with Crippen LogP contribution in [0.25, 0.3) is 0 Å². The standard InChI is InChI=1S/C5H10Br2O/c1-5(2,7)4(6)3-8/h4,8H,3H2,1-2H3. The van der Waals surface area contributed by atoms with Crippen LogP contribution in [-0.4, -0.2) is 20.9 Å². The predicted octanol–water partition coefficient (Wildman–Crippen LogP) is 1.92. The third-order valence-electron chi connectivity index (χ3n) is 0.905. The Bertz CT molecular complexity index is 67.3. The summed E-state index contributed by atoms with van der Waals surface area (Å²) < 4.78 is -0.0122. The lowest BCUT2D eigenvalue weighted by atomic mass is 10.1. The molecule has 0 radical (unpaired) electrons. The predicted molar refractivity (Wildman–Crippen MR) is 42.8 cm³/mol. The summed E-state index contributed by atoms with van der Waals surface area (Å²) in [7, 11) is 0. The molecule has 0 aromatic carbocycles. The van der Waals surface area contributed by atoms with Gasteiger partial charge < -0.3 is 5.11 Å². The van der Waals surface area contributed by atoms with Gasteiger partial charge in [0, 0.05) is 4.32 Å². The van der Waals surface area contributed by atoms with Crippen LogP contribution >= 0.6 is 31.9 Å². The first-order valence-corrected chi connectivity index (χ1v) is 4.13. The lowest BCUT2D eigenvalue weighted by molar-refractivity contribution is 0.285. The molecular formula is C5H10Br2O. The van der Waals surface area contributed by atoms with Gasteiger partial charge in [-0.2, -0.15) is 0 Å². The molecule has 1 atom stereocenters. The SMILES string of the molecule is CC(C)(Br)C(Br)CO. The van der Waals surface area contributed by atoms with E-state index in [2.05, 4.69) is 31.9 Å². The fourth-order valence-electron chi connectivity index (χ4n) is 0.217. The summed E-state index contributed by atoms with van der Waals surface area (Å²) >= 11 is 6.70. The Balaban J connectivity index is 3.62. The quantitative estimate of drug-likeness (QED) is 0.738. The van der Waals surface area contributed by atoms with Crippen molar-refractivity contribution in [3.63, 3.8) is 0 Å². The Morgan fingerprint density at radius 2 is 2.00 bits per heavy atom. The number of aliphatic hydroxyl groups excluding tert-OH is 1. The van der Waals surface area contributed by atoms with Crippen molar-refractivity contribution >= 4 is 31.9 Å². The zero-order chi connectivity index (χ0) is 6.78. The summed E-state index contributed by atoms with van der Waals surface area (Å²) in [6, 6.07) is 0. The van der Waals surface area contributed by atoms with E-state index in [0.717, 1.165) is 0 Å². The van der Waals surface area contributed by atoms with Crippen molar-refractivity contribution in [2.75, 3.05) is 6.61 Å². The average molecular weight is 246 g/mol. The molecule has 0 rings (SSSR count). The molecule has 0 aliphatic heterocycles. The molecule has 0 amide bonds. The van der Waals surface area contributed by atoms with Gasteiger partial charge in [0.05, 0.1) is 11.4 Å². The molecule has 0 heterocycles. The van der Waals surface area contributed by atoms with Crippen LogP contribution < -0.4 is 0 Å². The maximum absolute atomic E-state index is 8.59. The minimum absolute atomic E-state index is 0.0122. The van der Waals surface area contributed by atoms with Crippen molar-refractivity contribution in [1.82, 2.24) is 0 Å². The molecule has 3 heteroatoms. The second-order valence-electron chi connectivity index (χ2n) is 2.21. The Hall–Kier alpha value is 0.920. The molecule has 0 bridgehead atoms. The van der Waals surface area contributed by atoms with Gasteiger partial charge in [0.1, 0.15) is 0 Å². The highest BCUT2D eigenvalue weighted by molar-refractivity contribution is 9.12. The second kappa shape index (κ2) is 3.18. The highest BCUT2D eigenvalue weighted by atomic mass is 79.9. The van der Waals surface area contributed by atoms with Crippen LogP contribution in [0.15, 0.2) is 0 Å². The second-order valence-corrected chi connectivity index (χ2v) is 5.36. The van der Waals surface area contributed by atoms with E-state index in [1.165, 1.54) is 0 Å². The van der Waals surface area contributed by atoms with Crippen molar-refractivity contribution in [3.8, 4) is 0 Å². The van der Waals surface area contributed by atoms with Crippen LogP contribution in [0.3, 0.4) is 0 Å². The summed E-state index contributed by atoms with van der Waals surface area (Å²) in [5.41, 5.74) is 0. The zero-order valence-electron chi connectivity index (χ0n) is 4.99. The van der Waals surface area contributed by atoms with Crippen LogP contribution in [0.4, 0.5) is 0 Å². The topological polar surface area (TPSA) is 20.2 Å². The monoisotopic (exact) mass is 244 g/mol. The number of hydrogen-bond donors (Lipinski definition) is 1. The van der Waals surface area contributed by atoms with Crippen LogP contribution in [0.5, 0.6) is 0 Å². The first-order valence-electron chi connectivity index (χ1n) is 2.42. The van der Waals surface area contributed by atoms with Crippen molar-refractivity contribution < 1.29 is 5.11 Å². The fourth-order valence-corrected chi connectivity index (χ4v) is 0.362. The molecule has 0 fully saturated rings. The van der Waals surface area contributed by atoms with Gasteiger partial charge in [-0.25, -0.2) is 0 Å². The van der Waals surface area contributed by atoms with E-state index in [-0.39, 0.29) is 15.8 Å². The molecule has 0 aliphatic rings. The fraction of sp³-hybridized carbons (Fsp3) is 1.00. The number of halogens is 2. The normalized spacial score (nSPS) is 16.1. The van der Waals surface area contributed by atoms with Crippen molar-refractivity contribution in [1.29, 1.82) is 0 Å². The largest absolute Gasteiger partial charge is 0.395 e. The van der Waals surface area contributed by atoms with E-state index < -0.39 is 0 Å². The lowest BCUT2D eigenvalue weighted by Gasteiger charge is -2.20. The molecule has 0 aromatic rings. The van der Waals surface area contributed by atoms with Crippen molar-refractivity contribution in [2.45, 2.75) is 23.0 Å². The van der Waals surface area contributed by atoms with Crippen LogP contribution in [0.1, 0.15) is 13.8 Å². The van der Waals surface area contributed by atoms with Gasteiger partial charge in [-0.05, 0) is 13.8 Å². The molecule has 0 aliphatic carbocycles. The molecule has 0 saturated heterocycles. The molecule has 0 saturated carbocycles. The molecule has 8 heavy (non-hydrogen) atoms. The van der Waals surface area contributed by atoms with Gasteiger partial charge >= 0.3 is 0 Å². The first-order chi connectivity index (χ1) is 3.48. The summed E-state index contributed by atoms with van der Waals surface area (Å²) in [5, 5.41) is 8.59. The Morgan fingerprint density at radius 3 is 2.00 bits per heavy atom. The molecule has 0 aromatic heterocycles. The van der Waals surface area contributed by atoms with E-state index in [0.29, 0.717) is 0 Å². The molecule has 1 nitrogen and oxygen atoms in total. The van der Waals surface area contributed by atoms with Gasteiger partial charge in [-0.15, -0.1) is 0 Å². The van der Waals surface area contributed by atoms with Crippen molar-refractivity contribution in [3.05, 3.63) is 0 Å². The maximum atomic E-state index is 8.59. The van der Waals surface area contributed by atoms with Gasteiger partial charge in [0.15, 0.2) is 0 Å². The third kappa shape index (κ3) is 3.05. The summed E-state index contributed by atoms with van der Waals surface area (Å²) in [6.07, 6.45) is 0. The third-order valence-corrected chi connectivity index (χ3v) is 3.51. The van der Waals surface area contributed by atoms with Gasteiger partial charge in [-0.1, -0.05) is 31.9 Å². The zero-order valence-corrected chi connectivity index (χ0v) is 8.16. The molecular weight excluding hydrogens is 236 g/mol. The summed E-state index contributed by atoms with van der Waals surface area (Å²) in [5.74, 6) is 0. The van der Waals surface area contributed by atoms with Crippen LogP contribution in [0.2, 0.25) is 0 Å². The molecule has 1 unspecified atom stereocenters. The number of rotatable bonds is 2. The van der Waals surface area contributed by atoms with Gasteiger partial charge in [0.2, 0.25) is 0 Å². The highest BCUT2D eigenvalue weighted by Crippen LogP contribution is 2.25. The smallest absolute Gasteiger partial charge is 0.0569 e. The van der Waals surface area contributed by atoms with E-state index in [4.69, 9.17) is 5.11 Å². The number of aliphatic hydroxyl groups is 1. The van der Waals surface area contributed by atoms with Crippen LogP contribution in [0, 0.1) is 0 Å².